The number of carbonyl (C=O) groups is 1. The first kappa shape index (κ1) is 20.7. The Kier molecular flexibility index (Phi) is 7.40. The van der Waals surface area contributed by atoms with Crippen LogP contribution in [-0.4, -0.2) is 42.4 Å². The Morgan fingerprint density at radius 3 is 2.46 bits per heavy atom. The summed E-state index contributed by atoms with van der Waals surface area (Å²) in [6.07, 6.45) is 4.10. The molecule has 5 heteroatoms. The van der Waals surface area contributed by atoms with Gasteiger partial charge >= 0.3 is 6.03 Å². The van der Waals surface area contributed by atoms with E-state index in [0.717, 1.165) is 32.5 Å². The maximum Gasteiger partial charge on any atom is 0.315 e. The Labute approximate surface area is 173 Å². The van der Waals surface area contributed by atoms with Crippen LogP contribution in [-0.2, 0) is 6.54 Å². The molecule has 1 aliphatic rings. The van der Waals surface area contributed by atoms with Crippen molar-refractivity contribution in [3.8, 4) is 11.1 Å². The molecule has 0 spiro atoms. The number of urea groups is 1. The molecular formula is C23H31N3OS. The van der Waals surface area contributed by atoms with E-state index in [2.05, 4.69) is 70.3 Å². The molecule has 4 nitrogen and oxygen atoms in total. The number of amides is 2. The number of thioether (sulfide) groups is 1. The highest BCUT2D eigenvalue weighted by atomic mass is 32.2. The van der Waals surface area contributed by atoms with Crippen LogP contribution in [0.1, 0.15) is 32.3 Å². The zero-order valence-electron chi connectivity index (χ0n) is 17.1. The van der Waals surface area contributed by atoms with Crippen LogP contribution < -0.4 is 10.6 Å². The third kappa shape index (κ3) is 6.01. The fourth-order valence-corrected chi connectivity index (χ4v) is 4.02. The fraction of sp³-hybridized carbons (Fsp3) is 0.435. The second kappa shape index (κ2) is 9.99. The molecule has 2 aromatic rings. The standard InChI is InChI=1S/C23H31N3OS/c1-17(2)24-23(27)25-21-11-13-26(14-12-21)16-18-5-4-6-20(15-18)19-7-9-22(28-3)10-8-19/h4-10,15,17,21H,11-14,16H2,1-3H3,(H2,24,25,27). The molecule has 3 rings (SSSR count). The molecule has 1 saturated heterocycles. The quantitative estimate of drug-likeness (QED) is 0.692. The predicted molar refractivity (Wildman–Crippen MR) is 119 cm³/mol. The summed E-state index contributed by atoms with van der Waals surface area (Å²) in [6.45, 7) is 6.95. The van der Waals surface area contributed by atoms with Crippen molar-refractivity contribution in [3.63, 3.8) is 0 Å². The Morgan fingerprint density at radius 2 is 1.82 bits per heavy atom. The Balaban J connectivity index is 1.53. The average molecular weight is 398 g/mol. The molecule has 2 N–H and O–H groups in total. The van der Waals surface area contributed by atoms with Gasteiger partial charge < -0.3 is 10.6 Å². The van der Waals surface area contributed by atoms with Gasteiger partial charge in [0.1, 0.15) is 0 Å². The summed E-state index contributed by atoms with van der Waals surface area (Å²) in [5.74, 6) is 0. The number of likely N-dealkylation sites (tertiary alicyclic amines) is 1. The number of nitrogens with one attached hydrogen (secondary N) is 2. The van der Waals surface area contributed by atoms with Crippen molar-refractivity contribution in [2.75, 3.05) is 19.3 Å². The van der Waals surface area contributed by atoms with E-state index in [9.17, 15) is 4.79 Å². The molecule has 0 radical (unpaired) electrons. The van der Waals surface area contributed by atoms with Gasteiger partial charge in [-0.1, -0.05) is 30.3 Å². The maximum absolute atomic E-state index is 11.9. The van der Waals surface area contributed by atoms with Gasteiger partial charge in [-0.15, -0.1) is 11.8 Å². The number of nitrogens with zero attached hydrogens (tertiary/aromatic N) is 1. The number of carbonyl (C=O) groups excluding carboxylic acids is 1. The summed E-state index contributed by atoms with van der Waals surface area (Å²) < 4.78 is 0. The van der Waals surface area contributed by atoms with E-state index in [-0.39, 0.29) is 18.1 Å². The van der Waals surface area contributed by atoms with Crippen molar-refractivity contribution in [1.29, 1.82) is 0 Å². The van der Waals surface area contributed by atoms with E-state index in [1.807, 2.05) is 13.8 Å². The lowest BCUT2D eigenvalue weighted by Gasteiger charge is -2.32. The maximum atomic E-state index is 11.9. The molecule has 1 heterocycles. The van der Waals surface area contributed by atoms with Crippen molar-refractivity contribution in [2.45, 2.75) is 50.2 Å². The minimum atomic E-state index is -0.0476. The Bertz CT molecular complexity index is 768. The molecule has 2 amide bonds. The Hall–Kier alpha value is -1.98. The summed E-state index contributed by atoms with van der Waals surface area (Å²) in [4.78, 5) is 15.6. The second-order valence-electron chi connectivity index (χ2n) is 7.75. The van der Waals surface area contributed by atoms with Crippen molar-refractivity contribution in [3.05, 3.63) is 54.1 Å². The molecule has 0 atom stereocenters. The monoisotopic (exact) mass is 397 g/mol. The predicted octanol–water partition coefficient (Wildman–Crippen LogP) is 4.75. The number of benzene rings is 2. The first-order valence-corrected chi connectivity index (χ1v) is 11.3. The summed E-state index contributed by atoms with van der Waals surface area (Å²) in [7, 11) is 0. The first-order valence-electron chi connectivity index (χ1n) is 10.1. The van der Waals surface area contributed by atoms with Gasteiger partial charge in [0.2, 0.25) is 0 Å². The third-order valence-electron chi connectivity index (χ3n) is 5.10. The molecule has 0 aliphatic carbocycles. The van der Waals surface area contributed by atoms with Gasteiger partial charge in [0.05, 0.1) is 0 Å². The molecule has 1 fully saturated rings. The minimum absolute atomic E-state index is 0.0476. The number of hydrogen-bond acceptors (Lipinski definition) is 3. The molecule has 0 saturated carbocycles. The van der Waals surface area contributed by atoms with E-state index in [0.29, 0.717) is 0 Å². The van der Waals surface area contributed by atoms with E-state index in [1.165, 1.54) is 21.6 Å². The lowest BCUT2D eigenvalue weighted by atomic mass is 10.0. The molecule has 0 bridgehead atoms. The van der Waals surface area contributed by atoms with Crippen LogP contribution in [0.3, 0.4) is 0 Å². The summed E-state index contributed by atoms with van der Waals surface area (Å²) >= 11 is 1.77. The smallest absolute Gasteiger partial charge is 0.315 e. The molecule has 0 aromatic heterocycles. The number of rotatable bonds is 6. The van der Waals surface area contributed by atoms with Gasteiger partial charge in [0.25, 0.3) is 0 Å². The van der Waals surface area contributed by atoms with Crippen LogP contribution in [0.15, 0.2) is 53.4 Å². The van der Waals surface area contributed by atoms with Gasteiger partial charge in [-0.05, 0) is 67.8 Å². The highest BCUT2D eigenvalue weighted by molar-refractivity contribution is 7.98. The van der Waals surface area contributed by atoms with Gasteiger partial charge in [0.15, 0.2) is 0 Å². The highest BCUT2D eigenvalue weighted by Crippen LogP contribution is 2.24. The van der Waals surface area contributed by atoms with Crippen LogP contribution in [0.5, 0.6) is 0 Å². The molecule has 2 aromatic carbocycles. The second-order valence-corrected chi connectivity index (χ2v) is 8.63. The fourth-order valence-electron chi connectivity index (χ4n) is 3.62. The molecule has 28 heavy (non-hydrogen) atoms. The third-order valence-corrected chi connectivity index (χ3v) is 5.84. The molecule has 0 unspecified atom stereocenters. The van der Waals surface area contributed by atoms with E-state index in [1.54, 1.807) is 11.8 Å². The van der Waals surface area contributed by atoms with Gasteiger partial charge in [-0.25, -0.2) is 4.79 Å². The van der Waals surface area contributed by atoms with Crippen LogP contribution >= 0.6 is 11.8 Å². The van der Waals surface area contributed by atoms with Crippen molar-refractivity contribution < 1.29 is 4.79 Å². The topological polar surface area (TPSA) is 44.4 Å². The van der Waals surface area contributed by atoms with Crippen molar-refractivity contribution >= 4 is 17.8 Å². The largest absolute Gasteiger partial charge is 0.336 e. The first-order chi connectivity index (χ1) is 13.5. The van der Waals surface area contributed by atoms with Gasteiger partial charge in [-0.2, -0.15) is 0 Å². The van der Waals surface area contributed by atoms with Crippen LogP contribution in [0.4, 0.5) is 4.79 Å². The van der Waals surface area contributed by atoms with E-state index in [4.69, 9.17) is 0 Å². The molecule has 1 aliphatic heterocycles. The highest BCUT2D eigenvalue weighted by Gasteiger charge is 2.21. The van der Waals surface area contributed by atoms with E-state index < -0.39 is 0 Å². The molecule has 150 valence electrons. The minimum Gasteiger partial charge on any atom is -0.336 e. The Morgan fingerprint density at radius 1 is 1.11 bits per heavy atom. The average Bonchev–Trinajstić information content (AvgIpc) is 2.69. The van der Waals surface area contributed by atoms with Gasteiger partial charge in [0, 0.05) is 36.6 Å². The van der Waals surface area contributed by atoms with Gasteiger partial charge in [-0.3, -0.25) is 4.90 Å². The summed E-state index contributed by atoms with van der Waals surface area (Å²) in [5.41, 5.74) is 3.88. The summed E-state index contributed by atoms with van der Waals surface area (Å²) in [6, 6.07) is 18.0. The van der Waals surface area contributed by atoms with Crippen LogP contribution in [0.2, 0.25) is 0 Å². The van der Waals surface area contributed by atoms with Crippen LogP contribution in [0.25, 0.3) is 11.1 Å². The normalized spacial score (nSPS) is 15.6. The lowest BCUT2D eigenvalue weighted by Crippen LogP contribution is -2.49. The zero-order valence-corrected chi connectivity index (χ0v) is 17.9. The summed E-state index contributed by atoms with van der Waals surface area (Å²) in [5, 5.41) is 6.00. The molecular weight excluding hydrogens is 366 g/mol. The van der Waals surface area contributed by atoms with Crippen molar-refractivity contribution in [1.82, 2.24) is 15.5 Å². The van der Waals surface area contributed by atoms with Crippen molar-refractivity contribution in [2.24, 2.45) is 0 Å². The number of hydrogen-bond donors (Lipinski definition) is 2. The number of piperidine rings is 1. The SMILES string of the molecule is CSc1ccc(-c2cccc(CN3CCC(NC(=O)NC(C)C)CC3)c2)cc1. The van der Waals surface area contributed by atoms with Crippen LogP contribution in [0, 0.1) is 0 Å². The zero-order chi connectivity index (χ0) is 19.9. The van der Waals surface area contributed by atoms with E-state index >= 15 is 0 Å². The lowest BCUT2D eigenvalue weighted by molar-refractivity contribution is 0.186.